The van der Waals surface area contributed by atoms with E-state index in [0.717, 1.165) is 11.3 Å². The second-order valence-electron chi connectivity index (χ2n) is 4.59. The van der Waals surface area contributed by atoms with Crippen LogP contribution in [-0.2, 0) is 0 Å². The SMILES string of the molecule is CC(F)c1cc(-c2c(F)cccc2Oc2ncc(C=O)s2)on1. The largest absolute Gasteiger partial charge is 0.430 e. The van der Waals surface area contributed by atoms with Gasteiger partial charge in [0.05, 0.1) is 16.6 Å². The fourth-order valence-corrected chi connectivity index (χ4v) is 2.48. The molecule has 3 aromatic rings. The van der Waals surface area contributed by atoms with Crippen molar-refractivity contribution in [3.8, 4) is 22.3 Å². The molecule has 118 valence electrons. The quantitative estimate of drug-likeness (QED) is 0.638. The van der Waals surface area contributed by atoms with Crippen LogP contribution < -0.4 is 4.74 Å². The zero-order valence-corrected chi connectivity index (χ0v) is 12.6. The highest BCUT2D eigenvalue weighted by molar-refractivity contribution is 7.15. The molecule has 8 heteroatoms. The maximum atomic E-state index is 14.2. The molecule has 0 amide bonds. The molecule has 5 nitrogen and oxygen atoms in total. The third kappa shape index (κ3) is 3.11. The minimum absolute atomic E-state index is 0.00903. The first kappa shape index (κ1) is 15.3. The number of thiazole rings is 1. The van der Waals surface area contributed by atoms with Gasteiger partial charge in [0, 0.05) is 6.07 Å². The number of carbonyl (C=O) groups is 1. The van der Waals surface area contributed by atoms with E-state index in [2.05, 4.69) is 10.1 Å². The van der Waals surface area contributed by atoms with Gasteiger partial charge in [-0.25, -0.2) is 13.8 Å². The van der Waals surface area contributed by atoms with Crippen LogP contribution in [0.2, 0.25) is 0 Å². The first-order chi connectivity index (χ1) is 11.1. The molecule has 0 aliphatic rings. The summed E-state index contributed by atoms with van der Waals surface area (Å²) in [6.07, 6.45) is 0.656. The van der Waals surface area contributed by atoms with Crippen LogP contribution in [-0.4, -0.2) is 16.4 Å². The van der Waals surface area contributed by atoms with Crippen molar-refractivity contribution in [2.24, 2.45) is 0 Å². The molecular formula is C15H10F2N2O3S. The molecule has 3 rings (SSSR count). The Morgan fingerprint density at radius 1 is 1.43 bits per heavy atom. The van der Waals surface area contributed by atoms with E-state index in [9.17, 15) is 13.6 Å². The molecule has 23 heavy (non-hydrogen) atoms. The monoisotopic (exact) mass is 336 g/mol. The topological polar surface area (TPSA) is 65.2 Å². The van der Waals surface area contributed by atoms with Crippen LogP contribution >= 0.6 is 11.3 Å². The standard InChI is InChI=1S/C15H10F2N2O3S/c1-8(16)11-5-13(22-19-11)14-10(17)3-2-4-12(14)21-15-18-6-9(7-20)23-15/h2-8H,1H3. The van der Waals surface area contributed by atoms with Crippen LogP contribution in [0.5, 0.6) is 10.9 Å². The molecule has 0 bridgehead atoms. The second-order valence-corrected chi connectivity index (χ2v) is 5.62. The van der Waals surface area contributed by atoms with E-state index in [1.165, 1.54) is 37.4 Å². The highest BCUT2D eigenvalue weighted by atomic mass is 32.1. The highest BCUT2D eigenvalue weighted by Crippen LogP contribution is 2.37. The molecular weight excluding hydrogens is 326 g/mol. The lowest BCUT2D eigenvalue weighted by atomic mass is 10.1. The van der Waals surface area contributed by atoms with Crippen molar-refractivity contribution in [1.82, 2.24) is 10.1 Å². The average Bonchev–Trinajstić information content (AvgIpc) is 3.16. The zero-order chi connectivity index (χ0) is 16.4. The Morgan fingerprint density at radius 2 is 2.26 bits per heavy atom. The van der Waals surface area contributed by atoms with E-state index in [-0.39, 0.29) is 28.0 Å². The van der Waals surface area contributed by atoms with Gasteiger partial charge in [0.1, 0.15) is 23.4 Å². The van der Waals surface area contributed by atoms with E-state index < -0.39 is 12.0 Å². The smallest absolute Gasteiger partial charge is 0.279 e. The molecule has 0 radical (unpaired) electrons. The van der Waals surface area contributed by atoms with Crippen molar-refractivity contribution in [2.45, 2.75) is 13.1 Å². The summed E-state index contributed by atoms with van der Waals surface area (Å²) in [7, 11) is 0. The Kier molecular flexibility index (Phi) is 4.16. The van der Waals surface area contributed by atoms with Gasteiger partial charge in [0.2, 0.25) is 0 Å². The van der Waals surface area contributed by atoms with E-state index in [1.807, 2.05) is 0 Å². The van der Waals surface area contributed by atoms with Gasteiger partial charge in [-0.3, -0.25) is 4.79 Å². The molecule has 0 aliphatic heterocycles. The van der Waals surface area contributed by atoms with Gasteiger partial charge in [-0.2, -0.15) is 0 Å². The molecule has 0 N–H and O–H groups in total. The summed E-state index contributed by atoms with van der Waals surface area (Å²) in [6.45, 7) is 1.30. The summed E-state index contributed by atoms with van der Waals surface area (Å²) in [5.74, 6) is -0.431. The van der Waals surface area contributed by atoms with Gasteiger partial charge in [-0.15, -0.1) is 0 Å². The second kappa shape index (κ2) is 6.25. The Labute approximate surface area is 133 Å². The number of aromatic nitrogens is 2. The molecule has 2 aromatic heterocycles. The van der Waals surface area contributed by atoms with Crippen LogP contribution in [0.25, 0.3) is 11.3 Å². The van der Waals surface area contributed by atoms with Crippen molar-refractivity contribution in [2.75, 3.05) is 0 Å². The van der Waals surface area contributed by atoms with Gasteiger partial charge in [-0.05, 0) is 19.1 Å². The van der Waals surface area contributed by atoms with Gasteiger partial charge >= 0.3 is 0 Å². The molecule has 1 unspecified atom stereocenters. The molecule has 0 saturated heterocycles. The summed E-state index contributed by atoms with van der Waals surface area (Å²) in [4.78, 5) is 15.0. The molecule has 0 saturated carbocycles. The van der Waals surface area contributed by atoms with Crippen molar-refractivity contribution in [1.29, 1.82) is 0 Å². The van der Waals surface area contributed by atoms with E-state index in [1.54, 1.807) is 0 Å². The summed E-state index contributed by atoms with van der Waals surface area (Å²) < 4.78 is 38.0. The van der Waals surface area contributed by atoms with Gasteiger partial charge < -0.3 is 9.26 Å². The van der Waals surface area contributed by atoms with Crippen LogP contribution in [0.4, 0.5) is 8.78 Å². The van der Waals surface area contributed by atoms with Gasteiger partial charge in [0.15, 0.2) is 12.0 Å². The van der Waals surface area contributed by atoms with E-state index in [4.69, 9.17) is 9.26 Å². The maximum absolute atomic E-state index is 14.2. The maximum Gasteiger partial charge on any atom is 0.279 e. The minimum Gasteiger partial charge on any atom is -0.430 e. The van der Waals surface area contributed by atoms with Crippen LogP contribution in [0.15, 0.2) is 35.0 Å². The summed E-state index contributed by atoms with van der Waals surface area (Å²) in [5, 5.41) is 3.75. The number of nitrogens with zero attached hydrogens (tertiary/aromatic N) is 2. The van der Waals surface area contributed by atoms with Gasteiger partial charge in [-0.1, -0.05) is 22.6 Å². The summed E-state index contributed by atoms with van der Waals surface area (Å²) >= 11 is 1.02. The lowest BCUT2D eigenvalue weighted by Crippen LogP contribution is -1.90. The van der Waals surface area contributed by atoms with Crippen LogP contribution in [0.1, 0.15) is 28.5 Å². The number of hydrogen-bond acceptors (Lipinski definition) is 6. The predicted octanol–water partition coefficient (Wildman–Crippen LogP) is 4.57. The molecule has 0 spiro atoms. The predicted molar refractivity (Wildman–Crippen MR) is 79.0 cm³/mol. The van der Waals surface area contributed by atoms with Crippen LogP contribution in [0, 0.1) is 5.82 Å². The lowest BCUT2D eigenvalue weighted by molar-refractivity contribution is 0.112. The van der Waals surface area contributed by atoms with Crippen molar-refractivity contribution < 1.29 is 22.8 Å². The molecule has 2 heterocycles. The van der Waals surface area contributed by atoms with E-state index in [0.29, 0.717) is 11.2 Å². The van der Waals surface area contributed by atoms with Crippen LogP contribution in [0.3, 0.4) is 0 Å². The number of benzene rings is 1. The zero-order valence-electron chi connectivity index (χ0n) is 11.8. The number of halogens is 2. The number of hydrogen-bond donors (Lipinski definition) is 0. The summed E-state index contributed by atoms with van der Waals surface area (Å²) in [5.41, 5.74) is 0.0708. The first-order valence-electron chi connectivity index (χ1n) is 6.57. The van der Waals surface area contributed by atoms with Crippen molar-refractivity contribution >= 4 is 17.6 Å². The molecule has 0 fully saturated rings. The third-order valence-corrected chi connectivity index (χ3v) is 3.77. The summed E-state index contributed by atoms with van der Waals surface area (Å²) in [6, 6.07) is 5.51. The molecule has 1 aromatic carbocycles. The van der Waals surface area contributed by atoms with Gasteiger partial charge in [0.25, 0.3) is 5.19 Å². The number of aldehydes is 1. The van der Waals surface area contributed by atoms with Crippen molar-refractivity contribution in [3.05, 3.63) is 46.9 Å². The number of carbonyl (C=O) groups excluding carboxylic acids is 1. The van der Waals surface area contributed by atoms with Crippen molar-refractivity contribution in [3.63, 3.8) is 0 Å². The average molecular weight is 336 g/mol. The highest BCUT2D eigenvalue weighted by Gasteiger charge is 2.20. The van der Waals surface area contributed by atoms with E-state index >= 15 is 0 Å². The fourth-order valence-electron chi connectivity index (χ4n) is 1.89. The first-order valence-corrected chi connectivity index (χ1v) is 7.38. The normalized spacial score (nSPS) is 12.1. The molecule has 1 atom stereocenters. The number of alkyl halides is 1. The Hall–Kier alpha value is -2.61. The minimum atomic E-state index is -1.34. The third-order valence-electron chi connectivity index (χ3n) is 2.97. The Balaban J connectivity index is 2.00. The Morgan fingerprint density at radius 3 is 2.91 bits per heavy atom. The molecule has 0 aliphatic carbocycles. The lowest BCUT2D eigenvalue weighted by Gasteiger charge is -2.07. The fraction of sp³-hybridized carbons (Fsp3) is 0.133. The Bertz CT molecular complexity index is 845. The number of ether oxygens (including phenoxy) is 1. The number of rotatable bonds is 5.